The van der Waals surface area contributed by atoms with Crippen molar-refractivity contribution in [2.24, 2.45) is 0 Å². The van der Waals surface area contributed by atoms with Gasteiger partial charge in [0, 0.05) is 36.5 Å². The third kappa shape index (κ3) is 6.69. The second-order valence-corrected chi connectivity index (χ2v) is 12.2. The molecule has 1 amide bonds. The van der Waals surface area contributed by atoms with E-state index in [-0.39, 0.29) is 13.0 Å². The average Bonchev–Trinajstić information content (AvgIpc) is 3.47. The third-order valence-electron chi connectivity index (χ3n) is 7.03. The summed E-state index contributed by atoms with van der Waals surface area (Å²) in [6.45, 7) is 3.32. The molecule has 0 aliphatic carbocycles. The quantitative estimate of drug-likeness (QED) is 0.175. The number of aryl methyl sites for hydroxylation is 1. The molecular formula is C32H28F2N4O5S. The van der Waals surface area contributed by atoms with Crippen LogP contribution >= 0.6 is 0 Å². The van der Waals surface area contributed by atoms with Gasteiger partial charge < -0.3 is 10.1 Å². The number of nitrogens with zero attached hydrogens (tertiary/aromatic N) is 2. The summed E-state index contributed by atoms with van der Waals surface area (Å²) in [7, 11) is -4.24. The number of piperidine rings is 1. The van der Waals surface area contributed by atoms with Crippen LogP contribution in [0.15, 0.2) is 71.8 Å². The highest BCUT2D eigenvalue weighted by molar-refractivity contribution is 7.89. The number of carbonyl (C=O) groups is 2. The molecule has 1 unspecified atom stereocenters. The molecule has 44 heavy (non-hydrogen) atoms. The molecule has 2 N–H and O–H groups in total. The van der Waals surface area contributed by atoms with E-state index in [0.717, 1.165) is 22.0 Å². The summed E-state index contributed by atoms with van der Waals surface area (Å²) in [6, 6.07) is 13.4. The van der Waals surface area contributed by atoms with Crippen LogP contribution in [0, 0.1) is 30.4 Å². The first kappa shape index (κ1) is 30.6. The van der Waals surface area contributed by atoms with E-state index in [4.69, 9.17) is 4.74 Å². The Kier molecular flexibility index (Phi) is 8.89. The molecule has 0 spiro atoms. The number of halogens is 2. The zero-order chi connectivity index (χ0) is 31.4. The molecule has 1 aliphatic rings. The fraction of sp³-hybridized carbons (Fsp3) is 0.219. The van der Waals surface area contributed by atoms with Crippen molar-refractivity contribution in [3.8, 4) is 28.8 Å². The van der Waals surface area contributed by atoms with Crippen LogP contribution in [0.25, 0.3) is 11.3 Å². The highest BCUT2D eigenvalue weighted by Crippen LogP contribution is 2.32. The highest BCUT2D eigenvalue weighted by atomic mass is 32.2. The van der Waals surface area contributed by atoms with Crippen LogP contribution in [-0.4, -0.2) is 47.4 Å². The Morgan fingerprint density at radius 3 is 2.52 bits per heavy atom. The normalized spacial score (nSPS) is 15.2. The number of hydrogen-bond donors (Lipinski definition) is 2. The number of aromatic amines is 1. The predicted molar refractivity (Wildman–Crippen MR) is 159 cm³/mol. The monoisotopic (exact) mass is 618 g/mol. The number of esters is 1. The molecule has 12 heteroatoms. The number of rotatable bonds is 6. The zero-order valence-corrected chi connectivity index (χ0v) is 24.7. The van der Waals surface area contributed by atoms with E-state index in [9.17, 15) is 26.8 Å². The molecule has 1 aromatic heterocycles. The van der Waals surface area contributed by atoms with Crippen molar-refractivity contribution < 1.29 is 31.5 Å². The topological polar surface area (TPSA) is 121 Å². The minimum atomic E-state index is -4.24. The Morgan fingerprint density at radius 1 is 1.02 bits per heavy atom. The van der Waals surface area contributed by atoms with Gasteiger partial charge >= 0.3 is 5.97 Å². The van der Waals surface area contributed by atoms with Gasteiger partial charge in [-0.25, -0.2) is 17.2 Å². The van der Waals surface area contributed by atoms with Crippen LogP contribution in [0.2, 0.25) is 0 Å². The number of nitrogens with one attached hydrogen (secondary N) is 2. The van der Waals surface area contributed by atoms with Crippen molar-refractivity contribution in [3.63, 3.8) is 0 Å². The summed E-state index contributed by atoms with van der Waals surface area (Å²) in [4.78, 5) is 24.4. The lowest BCUT2D eigenvalue weighted by Crippen LogP contribution is -2.49. The maximum Gasteiger partial charge on any atom is 0.308 e. The third-order valence-corrected chi connectivity index (χ3v) is 8.94. The molecule has 3 aromatic carbocycles. The van der Waals surface area contributed by atoms with E-state index in [1.54, 1.807) is 36.5 Å². The van der Waals surface area contributed by atoms with Crippen LogP contribution in [0.5, 0.6) is 5.75 Å². The number of anilines is 1. The van der Waals surface area contributed by atoms with Crippen LogP contribution < -0.4 is 10.1 Å². The van der Waals surface area contributed by atoms with Gasteiger partial charge in [-0.2, -0.15) is 9.40 Å². The minimum Gasteiger partial charge on any atom is -0.426 e. The van der Waals surface area contributed by atoms with Gasteiger partial charge in [0.2, 0.25) is 15.9 Å². The molecule has 1 aliphatic heterocycles. The van der Waals surface area contributed by atoms with Crippen molar-refractivity contribution in [3.05, 3.63) is 95.2 Å². The molecule has 1 atom stereocenters. The fourth-order valence-electron chi connectivity index (χ4n) is 4.89. The molecule has 226 valence electrons. The lowest BCUT2D eigenvalue weighted by molar-refractivity contribution is -0.131. The van der Waals surface area contributed by atoms with Gasteiger partial charge in [0.15, 0.2) is 11.6 Å². The van der Waals surface area contributed by atoms with Crippen molar-refractivity contribution >= 4 is 27.6 Å². The molecule has 9 nitrogen and oxygen atoms in total. The molecule has 0 saturated carbocycles. The number of hydrogen-bond acceptors (Lipinski definition) is 6. The number of H-pyrrole nitrogens is 1. The molecule has 0 radical (unpaired) electrons. The summed E-state index contributed by atoms with van der Waals surface area (Å²) in [5, 5.41) is 9.86. The van der Waals surface area contributed by atoms with E-state index < -0.39 is 44.5 Å². The summed E-state index contributed by atoms with van der Waals surface area (Å²) in [5.74, 6) is 3.08. The second kappa shape index (κ2) is 12.8. The molecule has 1 saturated heterocycles. The summed E-state index contributed by atoms with van der Waals surface area (Å²) in [6.07, 6.45) is 3.09. The number of aromatic nitrogens is 2. The Balaban J connectivity index is 1.31. The number of benzene rings is 3. The maximum atomic E-state index is 13.8. The van der Waals surface area contributed by atoms with E-state index >= 15 is 0 Å². The predicted octanol–water partition coefficient (Wildman–Crippen LogP) is 5.17. The minimum absolute atomic E-state index is 0.0782. The number of carbonyl (C=O) groups excluding carboxylic acids is 2. The van der Waals surface area contributed by atoms with Crippen LogP contribution in [0.1, 0.15) is 42.9 Å². The maximum absolute atomic E-state index is 13.8. The first-order chi connectivity index (χ1) is 21.0. The van der Waals surface area contributed by atoms with Crippen LogP contribution in [0.3, 0.4) is 0 Å². The Labute approximate surface area is 253 Å². The first-order valence-electron chi connectivity index (χ1n) is 13.8. The summed E-state index contributed by atoms with van der Waals surface area (Å²) in [5.41, 5.74) is 3.75. The second-order valence-electron chi connectivity index (χ2n) is 10.3. The average molecular weight is 619 g/mol. The van der Waals surface area contributed by atoms with Crippen molar-refractivity contribution in [1.29, 1.82) is 0 Å². The molecule has 2 heterocycles. The lowest BCUT2D eigenvalue weighted by Gasteiger charge is -2.33. The van der Waals surface area contributed by atoms with Gasteiger partial charge in [-0.1, -0.05) is 29.9 Å². The molecular weight excluding hydrogens is 590 g/mol. The zero-order valence-electron chi connectivity index (χ0n) is 23.9. The van der Waals surface area contributed by atoms with Crippen LogP contribution in [-0.2, 0) is 19.6 Å². The van der Waals surface area contributed by atoms with Crippen LogP contribution in [0.4, 0.5) is 14.5 Å². The SMILES string of the molecule is CC(=O)Oc1ccc(C)cc1-c1n[nH]cc1C#Cc1ccc(NC(=O)C2CCCCN2S(=O)(=O)c2ccc(F)c(F)c2)cc1. The van der Waals surface area contributed by atoms with E-state index in [1.165, 1.54) is 6.92 Å². The highest BCUT2D eigenvalue weighted by Gasteiger charge is 2.38. The van der Waals surface area contributed by atoms with Gasteiger partial charge in [-0.3, -0.25) is 14.7 Å². The molecule has 0 bridgehead atoms. The van der Waals surface area contributed by atoms with Crippen molar-refractivity contribution in [2.75, 3.05) is 11.9 Å². The van der Waals surface area contributed by atoms with Gasteiger partial charge in [0.25, 0.3) is 0 Å². The van der Waals surface area contributed by atoms with E-state index in [2.05, 4.69) is 27.4 Å². The first-order valence-corrected chi connectivity index (χ1v) is 15.2. The fourth-order valence-corrected chi connectivity index (χ4v) is 6.56. The number of sulfonamides is 1. The van der Waals surface area contributed by atoms with E-state index in [1.807, 2.05) is 19.1 Å². The molecule has 5 rings (SSSR count). The van der Waals surface area contributed by atoms with E-state index in [0.29, 0.717) is 52.7 Å². The largest absolute Gasteiger partial charge is 0.426 e. The standard InChI is InChI=1S/C32H28F2N4O5S/c1-20-6-15-30(43-21(2)39)26(17-20)31-23(19-35-37-31)10-7-22-8-11-24(12-9-22)36-32(40)29-5-3-4-16-38(29)44(41,42)25-13-14-27(33)28(34)18-25/h6,8-9,11-15,17-19,29H,3-5,16H2,1-2H3,(H,35,37)(H,36,40). The Hall–Kier alpha value is -4.86. The van der Waals surface area contributed by atoms with Gasteiger partial charge in [-0.15, -0.1) is 0 Å². The number of ether oxygens (including phenoxy) is 1. The number of amides is 1. The molecule has 1 fully saturated rings. The molecule has 4 aromatic rings. The smallest absolute Gasteiger partial charge is 0.308 e. The summed E-state index contributed by atoms with van der Waals surface area (Å²) >= 11 is 0. The van der Waals surface area contributed by atoms with Gasteiger partial charge in [0.1, 0.15) is 17.5 Å². The Bertz CT molecular complexity index is 1900. The van der Waals surface area contributed by atoms with Gasteiger partial charge in [0.05, 0.1) is 10.5 Å². The van der Waals surface area contributed by atoms with Crippen molar-refractivity contribution in [1.82, 2.24) is 14.5 Å². The Morgan fingerprint density at radius 2 is 1.80 bits per heavy atom. The lowest BCUT2D eigenvalue weighted by atomic mass is 10.0. The van der Waals surface area contributed by atoms with Gasteiger partial charge in [-0.05, 0) is 74.4 Å². The summed E-state index contributed by atoms with van der Waals surface area (Å²) < 4.78 is 60.1. The van der Waals surface area contributed by atoms with Crippen molar-refractivity contribution in [2.45, 2.75) is 44.0 Å².